The molecule has 0 aliphatic rings. The zero-order valence-electron chi connectivity index (χ0n) is 11.2. The lowest BCUT2D eigenvalue weighted by molar-refractivity contribution is 0.0939. The maximum absolute atomic E-state index is 12.0. The Bertz CT molecular complexity index is 578. The molecule has 0 radical (unpaired) electrons. The van der Waals surface area contributed by atoms with E-state index in [1.54, 1.807) is 6.07 Å². The van der Waals surface area contributed by atoms with Crippen molar-refractivity contribution in [3.8, 4) is 0 Å². The smallest absolute Gasteiger partial charge is 0.254 e. The van der Waals surface area contributed by atoms with E-state index >= 15 is 0 Å². The Labute approximate surface area is 126 Å². The van der Waals surface area contributed by atoms with Crippen molar-refractivity contribution in [1.29, 1.82) is 0 Å². The summed E-state index contributed by atoms with van der Waals surface area (Å²) in [5, 5.41) is 2.95. The van der Waals surface area contributed by atoms with Crippen LogP contribution in [-0.4, -0.2) is 11.9 Å². The first kappa shape index (κ1) is 14.8. The van der Waals surface area contributed by atoms with E-state index in [1.165, 1.54) is 11.8 Å². The van der Waals surface area contributed by atoms with Crippen molar-refractivity contribution in [3.05, 3.63) is 58.0 Å². The second-order valence-corrected chi connectivity index (χ2v) is 5.63. The minimum Gasteiger partial charge on any atom is -0.467 e. The van der Waals surface area contributed by atoms with Crippen LogP contribution in [0.5, 0.6) is 0 Å². The number of carbonyl (C=O) groups excluding carboxylic acids is 1. The van der Waals surface area contributed by atoms with Crippen LogP contribution in [0.1, 0.15) is 28.6 Å². The Hall–Kier alpha value is -1.59. The van der Waals surface area contributed by atoms with E-state index in [9.17, 15) is 4.79 Å². The molecule has 106 valence electrons. The summed E-state index contributed by atoms with van der Waals surface area (Å²) in [6.07, 6.45) is 2.21. The number of amides is 1. The summed E-state index contributed by atoms with van der Waals surface area (Å²) >= 11 is 3.40. The van der Waals surface area contributed by atoms with E-state index in [4.69, 9.17) is 10.2 Å². The van der Waals surface area contributed by atoms with Crippen LogP contribution in [0.3, 0.4) is 0 Å². The molecule has 0 saturated heterocycles. The van der Waals surface area contributed by atoms with Crippen molar-refractivity contribution in [2.45, 2.75) is 25.9 Å². The average Bonchev–Trinajstić information content (AvgIpc) is 2.90. The van der Waals surface area contributed by atoms with Crippen molar-refractivity contribution < 1.29 is 9.21 Å². The number of furan rings is 1. The quantitative estimate of drug-likeness (QED) is 0.882. The fourth-order valence-electron chi connectivity index (χ4n) is 1.94. The summed E-state index contributed by atoms with van der Waals surface area (Å²) in [4.78, 5) is 12.0. The molecular formula is C15H17BrN2O2. The summed E-state index contributed by atoms with van der Waals surface area (Å²) in [5.74, 6) is 0.466. The van der Waals surface area contributed by atoms with Gasteiger partial charge in [0.25, 0.3) is 5.91 Å². The van der Waals surface area contributed by atoms with Crippen molar-refractivity contribution in [1.82, 2.24) is 5.32 Å². The fraction of sp³-hybridized carbons (Fsp3) is 0.267. The predicted molar refractivity (Wildman–Crippen MR) is 81.4 cm³/mol. The highest BCUT2D eigenvalue weighted by molar-refractivity contribution is 9.10. The summed E-state index contributed by atoms with van der Waals surface area (Å²) in [5.41, 5.74) is 7.13. The SMILES string of the molecule is CC(Cc1ccc(Br)cc1)NC(=O)c1coc(CN)c1. The van der Waals surface area contributed by atoms with Crippen LogP contribution in [0.2, 0.25) is 0 Å². The molecule has 5 heteroatoms. The molecule has 1 heterocycles. The van der Waals surface area contributed by atoms with E-state index < -0.39 is 0 Å². The number of carbonyl (C=O) groups is 1. The highest BCUT2D eigenvalue weighted by atomic mass is 79.9. The van der Waals surface area contributed by atoms with Crippen LogP contribution in [0.4, 0.5) is 0 Å². The van der Waals surface area contributed by atoms with Crippen molar-refractivity contribution >= 4 is 21.8 Å². The third kappa shape index (κ3) is 3.95. The Morgan fingerprint density at radius 3 is 2.70 bits per heavy atom. The number of benzene rings is 1. The molecule has 0 spiro atoms. The first-order valence-corrected chi connectivity index (χ1v) is 7.20. The van der Waals surface area contributed by atoms with Gasteiger partial charge in [-0.25, -0.2) is 0 Å². The van der Waals surface area contributed by atoms with Crippen LogP contribution >= 0.6 is 15.9 Å². The van der Waals surface area contributed by atoms with Gasteiger partial charge in [-0.1, -0.05) is 28.1 Å². The summed E-state index contributed by atoms with van der Waals surface area (Å²) in [6, 6.07) is 9.77. The topological polar surface area (TPSA) is 68.3 Å². The van der Waals surface area contributed by atoms with Crippen LogP contribution in [0, 0.1) is 0 Å². The predicted octanol–water partition coefficient (Wildman–Crippen LogP) is 2.86. The number of rotatable bonds is 5. The molecule has 1 unspecified atom stereocenters. The number of halogens is 1. The van der Waals surface area contributed by atoms with E-state index in [2.05, 4.69) is 21.2 Å². The van der Waals surface area contributed by atoms with E-state index in [1.807, 2.05) is 31.2 Å². The average molecular weight is 337 g/mol. The van der Waals surface area contributed by atoms with Crippen LogP contribution in [0.25, 0.3) is 0 Å². The summed E-state index contributed by atoms with van der Waals surface area (Å²) in [7, 11) is 0. The molecule has 3 N–H and O–H groups in total. The van der Waals surface area contributed by atoms with Crippen LogP contribution in [-0.2, 0) is 13.0 Å². The Morgan fingerprint density at radius 2 is 2.10 bits per heavy atom. The van der Waals surface area contributed by atoms with Gasteiger partial charge in [-0.05, 0) is 37.1 Å². The van der Waals surface area contributed by atoms with E-state index in [0.717, 1.165) is 10.9 Å². The maximum Gasteiger partial charge on any atom is 0.254 e. The van der Waals surface area contributed by atoms with Gasteiger partial charge in [-0.15, -0.1) is 0 Å². The zero-order valence-corrected chi connectivity index (χ0v) is 12.8. The zero-order chi connectivity index (χ0) is 14.5. The van der Waals surface area contributed by atoms with Gasteiger partial charge in [0.2, 0.25) is 0 Å². The van der Waals surface area contributed by atoms with Crippen molar-refractivity contribution in [2.75, 3.05) is 0 Å². The molecule has 0 bridgehead atoms. The molecular weight excluding hydrogens is 320 g/mol. The maximum atomic E-state index is 12.0. The minimum atomic E-state index is -0.141. The number of nitrogens with one attached hydrogen (secondary N) is 1. The third-order valence-electron chi connectivity index (χ3n) is 2.95. The lowest BCUT2D eigenvalue weighted by Crippen LogP contribution is -2.33. The number of hydrogen-bond acceptors (Lipinski definition) is 3. The highest BCUT2D eigenvalue weighted by Gasteiger charge is 2.12. The van der Waals surface area contributed by atoms with Gasteiger partial charge in [-0.3, -0.25) is 4.79 Å². The molecule has 0 aliphatic carbocycles. The second-order valence-electron chi connectivity index (χ2n) is 4.71. The summed E-state index contributed by atoms with van der Waals surface area (Å²) < 4.78 is 6.20. The standard InChI is InChI=1S/C15H17BrN2O2/c1-10(6-11-2-4-13(16)5-3-11)18-15(19)12-7-14(8-17)20-9-12/h2-5,7,9-10H,6,8,17H2,1H3,(H,18,19). The molecule has 20 heavy (non-hydrogen) atoms. The number of nitrogens with two attached hydrogens (primary N) is 1. The third-order valence-corrected chi connectivity index (χ3v) is 3.48. The van der Waals surface area contributed by atoms with Gasteiger partial charge in [0, 0.05) is 10.5 Å². The normalized spacial score (nSPS) is 12.2. The molecule has 1 aromatic carbocycles. The van der Waals surface area contributed by atoms with Gasteiger partial charge in [-0.2, -0.15) is 0 Å². The van der Waals surface area contributed by atoms with Crippen molar-refractivity contribution in [3.63, 3.8) is 0 Å². The van der Waals surface area contributed by atoms with Gasteiger partial charge >= 0.3 is 0 Å². The molecule has 0 saturated carbocycles. The second kappa shape index (κ2) is 6.72. The molecule has 2 aromatic rings. The van der Waals surface area contributed by atoms with E-state index in [-0.39, 0.29) is 11.9 Å². The summed E-state index contributed by atoms with van der Waals surface area (Å²) in [6.45, 7) is 2.27. The first-order chi connectivity index (χ1) is 9.58. The Balaban J connectivity index is 1.92. The van der Waals surface area contributed by atoms with Crippen molar-refractivity contribution in [2.24, 2.45) is 5.73 Å². The molecule has 1 atom stereocenters. The lowest BCUT2D eigenvalue weighted by Gasteiger charge is -2.13. The van der Waals surface area contributed by atoms with E-state index in [0.29, 0.717) is 17.9 Å². The minimum absolute atomic E-state index is 0.0416. The van der Waals surface area contributed by atoms with Crippen LogP contribution < -0.4 is 11.1 Å². The van der Waals surface area contributed by atoms with Gasteiger partial charge < -0.3 is 15.5 Å². The number of hydrogen-bond donors (Lipinski definition) is 2. The largest absolute Gasteiger partial charge is 0.467 e. The van der Waals surface area contributed by atoms with Crippen LogP contribution in [0.15, 0.2) is 45.5 Å². The molecule has 0 aliphatic heterocycles. The Morgan fingerprint density at radius 1 is 1.40 bits per heavy atom. The van der Waals surface area contributed by atoms with Gasteiger partial charge in [0.05, 0.1) is 12.1 Å². The molecule has 1 aromatic heterocycles. The lowest BCUT2D eigenvalue weighted by atomic mass is 10.1. The van der Waals surface area contributed by atoms with Gasteiger partial charge in [0.15, 0.2) is 0 Å². The monoisotopic (exact) mass is 336 g/mol. The Kier molecular flexibility index (Phi) is 4.98. The highest BCUT2D eigenvalue weighted by Crippen LogP contribution is 2.12. The first-order valence-electron chi connectivity index (χ1n) is 6.41. The molecule has 0 fully saturated rings. The molecule has 2 rings (SSSR count). The molecule has 1 amide bonds. The molecule has 4 nitrogen and oxygen atoms in total. The van der Waals surface area contributed by atoms with Gasteiger partial charge in [0.1, 0.15) is 12.0 Å². The fourth-order valence-corrected chi connectivity index (χ4v) is 2.20.